The van der Waals surface area contributed by atoms with E-state index >= 15 is 0 Å². The van der Waals surface area contributed by atoms with Crippen LogP contribution in [-0.2, 0) is 28.6 Å². The number of carbonyl (C=O) groups is 3. The molecule has 0 fully saturated rings. The molecule has 0 aromatic carbocycles. The van der Waals surface area contributed by atoms with Gasteiger partial charge in [-0.25, -0.2) is 0 Å². The van der Waals surface area contributed by atoms with E-state index < -0.39 is 6.10 Å². The smallest absolute Gasteiger partial charge is 0.306 e. The number of ether oxygens (including phenoxy) is 3. The van der Waals surface area contributed by atoms with Gasteiger partial charge in [-0.05, 0) is 77.0 Å². The molecule has 0 saturated carbocycles. The van der Waals surface area contributed by atoms with Crippen LogP contribution in [0.2, 0.25) is 0 Å². The largest absolute Gasteiger partial charge is 0.462 e. The molecule has 0 heterocycles. The van der Waals surface area contributed by atoms with Gasteiger partial charge in [0.1, 0.15) is 13.2 Å². The molecular weight excluding hydrogens is 937 g/mol. The highest BCUT2D eigenvalue weighted by atomic mass is 16.6. The summed E-state index contributed by atoms with van der Waals surface area (Å²) in [6, 6.07) is 0. The van der Waals surface area contributed by atoms with Crippen LogP contribution in [0.1, 0.15) is 374 Å². The molecule has 0 aliphatic rings. The van der Waals surface area contributed by atoms with Gasteiger partial charge in [0, 0.05) is 19.3 Å². The minimum Gasteiger partial charge on any atom is -0.462 e. The van der Waals surface area contributed by atoms with Crippen LogP contribution in [0.25, 0.3) is 0 Å². The third-order valence-corrected chi connectivity index (χ3v) is 15.4. The van der Waals surface area contributed by atoms with Gasteiger partial charge in [0.25, 0.3) is 0 Å². The molecule has 0 radical (unpaired) electrons. The standard InChI is InChI=1S/C70H130O6/c1-4-7-10-13-16-19-22-25-28-29-30-31-32-33-34-35-36-37-38-39-40-43-45-48-51-54-57-60-63-69(72)75-66-67(76-70(73)64-61-58-55-52-49-46-42-27-24-21-18-15-12-9-6-3)65-74-68(71)62-59-56-53-50-47-44-41-26-23-20-17-14-11-8-5-2/h18,21,26-27,41-42,67H,4-17,19-20,22-25,28-40,43-66H2,1-3H3/b21-18-,41-26-,42-27-. The summed E-state index contributed by atoms with van der Waals surface area (Å²) in [5.74, 6) is -0.875. The number of hydrogen-bond donors (Lipinski definition) is 0. The highest BCUT2D eigenvalue weighted by molar-refractivity contribution is 5.71. The summed E-state index contributed by atoms with van der Waals surface area (Å²) < 4.78 is 16.9. The van der Waals surface area contributed by atoms with Gasteiger partial charge in [-0.3, -0.25) is 14.4 Å². The van der Waals surface area contributed by atoms with Crippen LogP contribution in [0.3, 0.4) is 0 Å². The molecule has 0 aliphatic carbocycles. The van der Waals surface area contributed by atoms with Gasteiger partial charge in [-0.1, -0.05) is 314 Å². The lowest BCUT2D eigenvalue weighted by Crippen LogP contribution is -2.30. The summed E-state index contributed by atoms with van der Waals surface area (Å²) in [7, 11) is 0. The molecule has 0 aromatic heterocycles. The Labute approximate surface area is 474 Å². The summed E-state index contributed by atoms with van der Waals surface area (Å²) >= 11 is 0. The van der Waals surface area contributed by atoms with E-state index in [2.05, 4.69) is 57.2 Å². The van der Waals surface area contributed by atoms with E-state index in [1.165, 1.54) is 244 Å². The maximum Gasteiger partial charge on any atom is 0.306 e. The molecular formula is C70H130O6. The van der Waals surface area contributed by atoms with Crippen LogP contribution in [0, 0.1) is 0 Å². The monoisotopic (exact) mass is 1070 g/mol. The zero-order valence-electron chi connectivity index (χ0n) is 51.3. The average molecular weight is 1070 g/mol. The quantitative estimate of drug-likeness (QED) is 0.0261. The Morgan fingerprint density at radius 3 is 0.763 bits per heavy atom. The number of rotatable bonds is 63. The molecule has 0 bridgehead atoms. The zero-order chi connectivity index (χ0) is 55.0. The summed E-state index contributed by atoms with van der Waals surface area (Å²) in [5.41, 5.74) is 0. The van der Waals surface area contributed by atoms with Gasteiger partial charge in [-0.15, -0.1) is 0 Å². The lowest BCUT2D eigenvalue weighted by atomic mass is 10.0. The molecule has 0 spiro atoms. The SMILES string of the molecule is CCCCC/C=C\C/C=C\CCCCCCCC(=O)OC(COC(=O)CCCCCCC/C=C\CCCCCCCC)COC(=O)CCCCCCCCCCCCCCCCCCCCCCCCCCCCCC. The van der Waals surface area contributed by atoms with Crippen LogP contribution in [0.15, 0.2) is 36.5 Å². The van der Waals surface area contributed by atoms with Crippen molar-refractivity contribution < 1.29 is 28.6 Å². The van der Waals surface area contributed by atoms with Crippen LogP contribution in [-0.4, -0.2) is 37.2 Å². The fourth-order valence-electron chi connectivity index (χ4n) is 10.2. The number of allylic oxidation sites excluding steroid dienone is 6. The van der Waals surface area contributed by atoms with Crippen molar-refractivity contribution in [1.82, 2.24) is 0 Å². The first kappa shape index (κ1) is 73.6. The van der Waals surface area contributed by atoms with Crippen LogP contribution < -0.4 is 0 Å². The molecule has 1 atom stereocenters. The van der Waals surface area contributed by atoms with Crippen molar-refractivity contribution in [2.75, 3.05) is 13.2 Å². The third-order valence-electron chi connectivity index (χ3n) is 15.4. The first-order valence-electron chi connectivity index (χ1n) is 34.0. The second kappa shape index (κ2) is 65.2. The van der Waals surface area contributed by atoms with Gasteiger partial charge >= 0.3 is 17.9 Å². The Morgan fingerprint density at radius 2 is 0.474 bits per heavy atom. The van der Waals surface area contributed by atoms with Crippen molar-refractivity contribution in [3.05, 3.63) is 36.5 Å². The van der Waals surface area contributed by atoms with Gasteiger partial charge in [-0.2, -0.15) is 0 Å². The van der Waals surface area contributed by atoms with Crippen molar-refractivity contribution in [1.29, 1.82) is 0 Å². The first-order valence-corrected chi connectivity index (χ1v) is 34.0. The molecule has 6 heteroatoms. The second-order valence-electron chi connectivity index (χ2n) is 23.1. The second-order valence-corrected chi connectivity index (χ2v) is 23.1. The van der Waals surface area contributed by atoms with Crippen molar-refractivity contribution in [2.45, 2.75) is 380 Å². The third kappa shape index (κ3) is 62.5. The van der Waals surface area contributed by atoms with Crippen molar-refractivity contribution in [2.24, 2.45) is 0 Å². The summed E-state index contributed by atoms with van der Waals surface area (Å²) in [5, 5.41) is 0. The van der Waals surface area contributed by atoms with Gasteiger partial charge < -0.3 is 14.2 Å². The Morgan fingerprint density at radius 1 is 0.263 bits per heavy atom. The molecule has 0 saturated heterocycles. The van der Waals surface area contributed by atoms with E-state index in [-0.39, 0.29) is 31.1 Å². The van der Waals surface area contributed by atoms with E-state index in [4.69, 9.17) is 14.2 Å². The minimum absolute atomic E-state index is 0.0764. The highest BCUT2D eigenvalue weighted by Gasteiger charge is 2.19. The molecule has 0 amide bonds. The lowest BCUT2D eigenvalue weighted by Gasteiger charge is -2.18. The predicted octanol–water partition coefficient (Wildman–Crippen LogP) is 23.2. The molecule has 76 heavy (non-hydrogen) atoms. The lowest BCUT2D eigenvalue weighted by molar-refractivity contribution is -0.167. The number of unbranched alkanes of at least 4 members (excludes halogenated alkanes) is 46. The van der Waals surface area contributed by atoms with E-state index in [1.54, 1.807) is 0 Å². The Hall–Kier alpha value is -2.37. The average Bonchev–Trinajstić information content (AvgIpc) is 3.42. The van der Waals surface area contributed by atoms with Gasteiger partial charge in [0.2, 0.25) is 0 Å². The fraction of sp³-hybridized carbons (Fsp3) is 0.871. The fourth-order valence-corrected chi connectivity index (χ4v) is 10.2. The molecule has 0 aromatic rings. The van der Waals surface area contributed by atoms with Gasteiger partial charge in [0.05, 0.1) is 0 Å². The highest BCUT2D eigenvalue weighted by Crippen LogP contribution is 2.18. The number of esters is 3. The Balaban J connectivity index is 4.20. The van der Waals surface area contributed by atoms with Crippen LogP contribution in [0.4, 0.5) is 0 Å². The number of hydrogen-bond acceptors (Lipinski definition) is 6. The summed E-state index contributed by atoms with van der Waals surface area (Å²) in [6.45, 7) is 6.65. The molecule has 446 valence electrons. The molecule has 0 aliphatic heterocycles. The first-order chi connectivity index (χ1) is 37.5. The topological polar surface area (TPSA) is 78.9 Å². The Bertz CT molecular complexity index is 1270. The van der Waals surface area contributed by atoms with Crippen molar-refractivity contribution in [3.8, 4) is 0 Å². The summed E-state index contributed by atoms with van der Waals surface area (Å²) in [4.78, 5) is 38.3. The maximum atomic E-state index is 12.9. The van der Waals surface area contributed by atoms with E-state index in [9.17, 15) is 14.4 Å². The van der Waals surface area contributed by atoms with E-state index in [0.717, 1.165) is 89.9 Å². The molecule has 0 rings (SSSR count). The predicted molar refractivity (Wildman–Crippen MR) is 330 cm³/mol. The maximum absolute atomic E-state index is 12.9. The molecule has 6 nitrogen and oxygen atoms in total. The number of carbonyl (C=O) groups excluding carboxylic acids is 3. The van der Waals surface area contributed by atoms with Crippen LogP contribution >= 0.6 is 0 Å². The molecule has 1 unspecified atom stereocenters. The normalized spacial score (nSPS) is 12.2. The van der Waals surface area contributed by atoms with Crippen LogP contribution in [0.5, 0.6) is 0 Å². The summed E-state index contributed by atoms with van der Waals surface area (Å²) in [6.07, 6.45) is 80.3. The Kier molecular flexibility index (Phi) is 63.1. The zero-order valence-corrected chi connectivity index (χ0v) is 51.3. The van der Waals surface area contributed by atoms with E-state index in [1.807, 2.05) is 0 Å². The van der Waals surface area contributed by atoms with Crippen molar-refractivity contribution >= 4 is 17.9 Å². The van der Waals surface area contributed by atoms with E-state index in [0.29, 0.717) is 19.3 Å². The van der Waals surface area contributed by atoms with Crippen molar-refractivity contribution in [3.63, 3.8) is 0 Å². The van der Waals surface area contributed by atoms with Gasteiger partial charge in [0.15, 0.2) is 6.10 Å². The minimum atomic E-state index is -0.781. The molecule has 0 N–H and O–H groups in total.